The summed E-state index contributed by atoms with van der Waals surface area (Å²) in [6.45, 7) is 1.69. The van der Waals surface area contributed by atoms with Gasteiger partial charge in [-0.05, 0) is 23.8 Å². The van der Waals surface area contributed by atoms with Gasteiger partial charge in [0.15, 0.2) is 15.5 Å². The van der Waals surface area contributed by atoms with E-state index in [1.807, 2.05) is 0 Å². The molecule has 0 aromatic carbocycles. The lowest BCUT2D eigenvalue weighted by atomic mass is 10.3. The number of hydrogen-bond donors (Lipinski definition) is 2. The molecule has 3 aromatic rings. The van der Waals surface area contributed by atoms with Gasteiger partial charge in [0.25, 0.3) is 0 Å². The second-order valence-corrected chi connectivity index (χ2v) is 4.16. The van der Waals surface area contributed by atoms with Crippen LogP contribution in [0, 0.1) is 21.8 Å². The Morgan fingerprint density at radius 1 is 1.42 bits per heavy atom. The number of H-pyrrole nitrogens is 2. The van der Waals surface area contributed by atoms with Gasteiger partial charge < -0.3 is 9.97 Å². The first-order valence-electron chi connectivity index (χ1n) is 5.21. The molecule has 3 heterocycles. The lowest BCUT2D eigenvalue weighted by Crippen LogP contribution is -2.10. The first kappa shape index (κ1) is 11.5. The van der Waals surface area contributed by atoms with E-state index in [4.69, 9.17) is 12.2 Å². The van der Waals surface area contributed by atoms with E-state index in [-0.39, 0.29) is 5.82 Å². The number of aromatic nitrogens is 6. The first-order valence-corrected chi connectivity index (χ1v) is 5.62. The molecule has 0 amide bonds. The molecule has 3 aromatic heterocycles. The fourth-order valence-corrected chi connectivity index (χ4v) is 1.99. The third kappa shape index (κ3) is 1.78. The minimum absolute atomic E-state index is 0.116. The van der Waals surface area contributed by atoms with Gasteiger partial charge in [0.05, 0.1) is 12.4 Å². The molecule has 96 valence electrons. The Morgan fingerprint density at radius 3 is 2.95 bits per heavy atom. The van der Waals surface area contributed by atoms with Gasteiger partial charge in [0, 0.05) is 0 Å². The molecule has 3 rings (SSSR count). The Morgan fingerprint density at radius 2 is 2.21 bits per heavy atom. The van der Waals surface area contributed by atoms with Gasteiger partial charge in [-0.2, -0.15) is 0 Å². The summed E-state index contributed by atoms with van der Waals surface area (Å²) in [5.41, 5.74) is 1.31. The average Bonchev–Trinajstić information content (AvgIpc) is 2.92. The molecule has 0 saturated carbocycles. The summed E-state index contributed by atoms with van der Waals surface area (Å²) in [5, 5.41) is 10.4. The summed E-state index contributed by atoms with van der Waals surface area (Å²) in [6.07, 6.45) is 2.59. The zero-order valence-corrected chi connectivity index (χ0v) is 10.4. The minimum atomic E-state index is -0.577. The largest absolute Gasteiger partial charge is 0.327 e. The number of nitrogens with one attached hydrogen (secondary N) is 2. The molecule has 0 aliphatic rings. The van der Waals surface area contributed by atoms with Crippen LogP contribution >= 0.6 is 12.2 Å². The molecule has 0 fully saturated rings. The third-order valence-corrected chi connectivity index (χ3v) is 2.70. The highest BCUT2D eigenvalue weighted by Gasteiger charge is 2.19. The van der Waals surface area contributed by atoms with E-state index in [0.717, 1.165) is 4.68 Å². The molecule has 10 heteroatoms. The van der Waals surface area contributed by atoms with Gasteiger partial charge in [-0.3, -0.25) is 0 Å². The van der Waals surface area contributed by atoms with Crippen LogP contribution in [-0.4, -0.2) is 34.6 Å². The van der Waals surface area contributed by atoms with Crippen molar-refractivity contribution in [2.75, 3.05) is 0 Å². The topological polar surface area (TPSA) is 118 Å². The van der Waals surface area contributed by atoms with E-state index in [1.54, 1.807) is 6.92 Å². The van der Waals surface area contributed by atoms with Gasteiger partial charge in [-0.25, -0.2) is 25.1 Å². The standard InChI is InChI=1S/C9H7N7O2S/c1-4-11-6(5-7(12-4)14-9(19)13-5)8-10-2-3-15(8)16(17)18/h2-3H,1H3,(H2,11,12,13,14,19). The summed E-state index contributed by atoms with van der Waals surface area (Å²) in [5.74, 6) is 0.580. The van der Waals surface area contributed by atoms with Crippen LogP contribution in [0.2, 0.25) is 0 Å². The van der Waals surface area contributed by atoms with Crippen molar-refractivity contribution in [3.05, 3.63) is 33.1 Å². The fraction of sp³-hybridized carbons (Fsp3) is 0.111. The number of aryl methyl sites for hydroxylation is 1. The maximum Gasteiger partial charge on any atom is 0.227 e. The number of rotatable bonds is 2. The van der Waals surface area contributed by atoms with Crippen molar-refractivity contribution in [2.24, 2.45) is 0 Å². The Hall–Kier alpha value is -2.62. The number of fused-ring (bicyclic) bond motifs is 1. The lowest BCUT2D eigenvalue weighted by molar-refractivity contribution is -0.540. The summed E-state index contributed by atoms with van der Waals surface area (Å²) in [7, 11) is 0. The molecule has 0 bridgehead atoms. The summed E-state index contributed by atoms with van der Waals surface area (Å²) >= 11 is 4.99. The van der Waals surface area contributed by atoms with Crippen LogP contribution in [0.4, 0.5) is 0 Å². The van der Waals surface area contributed by atoms with Crippen molar-refractivity contribution in [2.45, 2.75) is 6.92 Å². The molecule has 0 aliphatic carbocycles. The number of imidazole rings is 2. The fourth-order valence-electron chi connectivity index (χ4n) is 1.79. The van der Waals surface area contributed by atoms with Crippen molar-refractivity contribution >= 4 is 23.4 Å². The van der Waals surface area contributed by atoms with Crippen molar-refractivity contribution in [1.29, 1.82) is 0 Å². The zero-order chi connectivity index (χ0) is 13.6. The van der Waals surface area contributed by atoms with Crippen LogP contribution in [-0.2, 0) is 0 Å². The van der Waals surface area contributed by atoms with E-state index < -0.39 is 5.03 Å². The lowest BCUT2D eigenvalue weighted by Gasteiger charge is -2.01. The van der Waals surface area contributed by atoms with Crippen LogP contribution in [0.5, 0.6) is 0 Å². The normalized spacial score (nSPS) is 11.0. The highest BCUT2D eigenvalue weighted by molar-refractivity contribution is 7.71. The Kier molecular flexibility index (Phi) is 2.38. The zero-order valence-electron chi connectivity index (χ0n) is 9.62. The first-order chi connectivity index (χ1) is 9.06. The van der Waals surface area contributed by atoms with Crippen LogP contribution < -0.4 is 0 Å². The highest BCUT2D eigenvalue weighted by Crippen LogP contribution is 2.22. The van der Waals surface area contributed by atoms with E-state index in [2.05, 4.69) is 24.9 Å². The van der Waals surface area contributed by atoms with Crippen LogP contribution in [0.1, 0.15) is 5.82 Å². The number of nitrogens with zero attached hydrogens (tertiary/aromatic N) is 5. The van der Waals surface area contributed by atoms with Crippen molar-refractivity contribution in [3.63, 3.8) is 0 Å². The molecule has 2 N–H and O–H groups in total. The van der Waals surface area contributed by atoms with Crippen LogP contribution in [0.15, 0.2) is 12.4 Å². The van der Waals surface area contributed by atoms with Gasteiger partial charge in [-0.1, -0.05) is 0 Å². The maximum absolute atomic E-state index is 10.9. The van der Waals surface area contributed by atoms with Crippen LogP contribution in [0.3, 0.4) is 0 Å². The smallest absolute Gasteiger partial charge is 0.227 e. The number of aromatic amines is 2. The van der Waals surface area contributed by atoms with Crippen molar-refractivity contribution < 1.29 is 5.03 Å². The van der Waals surface area contributed by atoms with Crippen LogP contribution in [0.25, 0.3) is 22.7 Å². The third-order valence-electron chi connectivity index (χ3n) is 2.50. The van der Waals surface area contributed by atoms with Crippen molar-refractivity contribution in [1.82, 2.24) is 29.6 Å². The van der Waals surface area contributed by atoms with Gasteiger partial charge in [0.1, 0.15) is 17.0 Å². The molecular formula is C9H7N7O2S. The molecule has 0 radical (unpaired) electrons. The van der Waals surface area contributed by atoms with E-state index >= 15 is 0 Å². The highest BCUT2D eigenvalue weighted by atomic mass is 32.1. The Labute approximate surface area is 110 Å². The predicted molar refractivity (Wildman–Crippen MR) is 67.4 cm³/mol. The monoisotopic (exact) mass is 277 g/mol. The second kappa shape index (κ2) is 3.95. The molecule has 19 heavy (non-hydrogen) atoms. The molecule has 9 nitrogen and oxygen atoms in total. The second-order valence-electron chi connectivity index (χ2n) is 3.76. The van der Waals surface area contributed by atoms with E-state index in [1.165, 1.54) is 12.4 Å². The molecule has 0 spiro atoms. The predicted octanol–water partition coefficient (Wildman–Crippen LogP) is 1.23. The van der Waals surface area contributed by atoms with Gasteiger partial charge >= 0.3 is 0 Å². The summed E-state index contributed by atoms with van der Waals surface area (Å²) in [6, 6.07) is 0. The van der Waals surface area contributed by atoms with Gasteiger partial charge in [-0.15, -0.1) is 0 Å². The SMILES string of the molecule is Cc1nc(-c2nccn2[N+](=O)[O-])c2[nH]c(=S)[nH]c2n1. The average molecular weight is 277 g/mol. The Bertz CT molecular complexity index is 846. The van der Waals surface area contributed by atoms with Crippen molar-refractivity contribution in [3.8, 4) is 11.5 Å². The minimum Gasteiger partial charge on any atom is -0.327 e. The molecule has 0 aliphatic heterocycles. The Balaban J connectivity index is 2.38. The summed E-state index contributed by atoms with van der Waals surface area (Å²) in [4.78, 5) is 29.0. The molecule has 0 unspecified atom stereocenters. The van der Waals surface area contributed by atoms with E-state index in [0.29, 0.717) is 27.5 Å². The van der Waals surface area contributed by atoms with E-state index in [9.17, 15) is 10.1 Å². The number of nitro groups is 1. The molecule has 0 saturated heterocycles. The number of hydrogen-bond acceptors (Lipinski definition) is 6. The van der Waals surface area contributed by atoms with Gasteiger partial charge in [0.2, 0.25) is 5.82 Å². The molecular weight excluding hydrogens is 270 g/mol. The maximum atomic E-state index is 10.9. The quantitative estimate of drug-likeness (QED) is 0.413. The molecule has 0 atom stereocenters. The summed E-state index contributed by atoms with van der Waals surface area (Å²) < 4.78 is 1.17.